The highest BCUT2D eigenvalue weighted by Gasteiger charge is 2.13. The summed E-state index contributed by atoms with van der Waals surface area (Å²) in [5.74, 6) is -0.623. The molecule has 0 saturated heterocycles. The molecule has 144 valence electrons. The van der Waals surface area contributed by atoms with Gasteiger partial charge in [0.05, 0.1) is 4.92 Å². The lowest BCUT2D eigenvalue weighted by atomic mass is 10.2. The van der Waals surface area contributed by atoms with Gasteiger partial charge in [0.25, 0.3) is 11.6 Å². The van der Waals surface area contributed by atoms with Gasteiger partial charge >= 0.3 is 0 Å². The highest BCUT2D eigenvalue weighted by Crippen LogP contribution is 2.23. The summed E-state index contributed by atoms with van der Waals surface area (Å²) in [6, 6.07) is 15.8. The number of benzene rings is 2. The predicted molar refractivity (Wildman–Crippen MR) is 111 cm³/mol. The van der Waals surface area contributed by atoms with Crippen molar-refractivity contribution in [1.29, 1.82) is 5.26 Å². The maximum absolute atomic E-state index is 12.5. The molecule has 0 aliphatic rings. The number of nitro groups is 1. The van der Waals surface area contributed by atoms with E-state index in [2.05, 4.69) is 5.32 Å². The zero-order valence-corrected chi connectivity index (χ0v) is 16.2. The van der Waals surface area contributed by atoms with Crippen LogP contribution in [0.3, 0.4) is 0 Å². The molecule has 0 saturated carbocycles. The number of non-ortho nitro benzene ring substituents is 1. The number of halogens is 2. The van der Waals surface area contributed by atoms with Crippen LogP contribution in [0, 0.1) is 21.4 Å². The van der Waals surface area contributed by atoms with Gasteiger partial charge in [0.1, 0.15) is 11.6 Å². The monoisotopic (exact) mass is 426 g/mol. The molecule has 3 aromatic rings. The number of nitrogens with one attached hydrogen (secondary N) is 1. The Hall–Kier alpha value is -3.60. The van der Waals surface area contributed by atoms with Crippen LogP contribution in [0.15, 0.2) is 66.4 Å². The molecule has 0 atom stereocenters. The molecule has 0 aliphatic heterocycles. The van der Waals surface area contributed by atoms with Gasteiger partial charge in [-0.05, 0) is 48.5 Å². The van der Waals surface area contributed by atoms with Crippen molar-refractivity contribution in [3.05, 3.63) is 92.2 Å². The van der Waals surface area contributed by atoms with Gasteiger partial charge < -0.3 is 9.88 Å². The van der Waals surface area contributed by atoms with Crippen molar-refractivity contribution in [1.82, 2.24) is 4.57 Å². The zero-order chi connectivity index (χ0) is 21.0. The Morgan fingerprint density at radius 2 is 1.79 bits per heavy atom. The van der Waals surface area contributed by atoms with E-state index in [9.17, 15) is 20.2 Å². The fraction of sp³-hybridized carbons (Fsp3) is 0. The minimum absolute atomic E-state index is 0.0322. The number of nitriles is 1. The van der Waals surface area contributed by atoms with Gasteiger partial charge in [-0.25, -0.2) is 0 Å². The summed E-state index contributed by atoms with van der Waals surface area (Å²) in [6.45, 7) is 0. The summed E-state index contributed by atoms with van der Waals surface area (Å²) in [5, 5.41) is 23.5. The van der Waals surface area contributed by atoms with Crippen LogP contribution in [0.2, 0.25) is 10.0 Å². The number of nitrogens with zero attached hydrogens (tertiary/aromatic N) is 3. The SMILES string of the molecule is N#C/C(=C\c1cccn1-c1ccc([N+](=O)[O-])cc1)C(=O)Nc1cc(Cl)cc(Cl)c1. The smallest absolute Gasteiger partial charge is 0.269 e. The number of hydrogen-bond donors (Lipinski definition) is 1. The Morgan fingerprint density at radius 1 is 1.14 bits per heavy atom. The molecule has 0 radical (unpaired) electrons. The molecule has 1 aromatic heterocycles. The lowest BCUT2D eigenvalue weighted by molar-refractivity contribution is -0.384. The van der Waals surface area contributed by atoms with Crippen molar-refractivity contribution in [2.45, 2.75) is 0 Å². The van der Waals surface area contributed by atoms with Crippen LogP contribution < -0.4 is 5.32 Å². The molecule has 0 unspecified atom stereocenters. The van der Waals surface area contributed by atoms with Gasteiger partial charge in [0.2, 0.25) is 0 Å². The van der Waals surface area contributed by atoms with E-state index in [0.29, 0.717) is 27.1 Å². The summed E-state index contributed by atoms with van der Waals surface area (Å²) in [4.78, 5) is 22.8. The van der Waals surface area contributed by atoms with E-state index >= 15 is 0 Å². The molecule has 2 aromatic carbocycles. The average Bonchev–Trinajstić information content (AvgIpc) is 3.13. The molecule has 0 fully saturated rings. The first kappa shape index (κ1) is 20.1. The van der Waals surface area contributed by atoms with E-state index in [-0.39, 0.29) is 11.3 Å². The van der Waals surface area contributed by atoms with Gasteiger partial charge in [-0.2, -0.15) is 5.26 Å². The third kappa shape index (κ3) is 4.82. The zero-order valence-electron chi connectivity index (χ0n) is 14.7. The number of rotatable bonds is 5. The third-order valence-corrected chi connectivity index (χ3v) is 4.33. The summed E-state index contributed by atoms with van der Waals surface area (Å²) in [7, 11) is 0. The fourth-order valence-corrected chi connectivity index (χ4v) is 3.13. The van der Waals surface area contributed by atoms with Crippen molar-refractivity contribution < 1.29 is 9.72 Å². The fourth-order valence-electron chi connectivity index (χ4n) is 2.60. The molecular formula is C20H12Cl2N4O3. The van der Waals surface area contributed by atoms with Crippen LogP contribution in [0.25, 0.3) is 11.8 Å². The van der Waals surface area contributed by atoms with E-state index in [1.165, 1.54) is 36.4 Å². The summed E-state index contributed by atoms with van der Waals surface area (Å²) >= 11 is 11.8. The van der Waals surface area contributed by atoms with Crippen molar-refractivity contribution >= 4 is 46.6 Å². The molecule has 0 bridgehead atoms. The third-order valence-electron chi connectivity index (χ3n) is 3.90. The van der Waals surface area contributed by atoms with Crippen molar-refractivity contribution in [2.24, 2.45) is 0 Å². The highest BCUT2D eigenvalue weighted by molar-refractivity contribution is 6.35. The average molecular weight is 427 g/mol. The quantitative estimate of drug-likeness (QED) is 0.261. The van der Waals surface area contributed by atoms with Crippen molar-refractivity contribution in [3.63, 3.8) is 0 Å². The van der Waals surface area contributed by atoms with Crippen LogP contribution >= 0.6 is 23.2 Å². The number of carbonyl (C=O) groups excluding carboxylic acids is 1. The molecule has 3 rings (SSSR count). The normalized spacial score (nSPS) is 11.0. The summed E-state index contributed by atoms with van der Waals surface area (Å²) in [6.07, 6.45) is 3.14. The van der Waals surface area contributed by atoms with Crippen LogP contribution in [-0.2, 0) is 4.79 Å². The first-order valence-corrected chi connectivity index (χ1v) is 8.94. The van der Waals surface area contributed by atoms with Crippen LogP contribution in [0.1, 0.15) is 5.69 Å². The molecule has 0 spiro atoms. The second-order valence-corrected chi connectivity index (χ2v) is 6.73. The van der Waals surface area contributed by atoms with Gasteiger partial charge in [-0.15, -0.1) is 0 Å². The van der Waals surface area contributed by atoms with Gasteiger partial charge in [0, 0.05) is 45.4 Å². The summed E-state index contributed by atoms with van der Waals surface area (Å²) in [5.41, 5.74) is 1.39. The van der Waals surface area contributed by atoms with E-state index < -0.39 is 10.8 Å². The standard InChI is InChI=1S/C20H12Cl2N4O3/c21-14-9-15(22)11-16(10-14)24-20(27)13(12-23)8-19-2-1-7-25(19)17-3-5-18(6-4-17)26(28)29/h1-11H,(H,24,27)/b13-8+. The van der Waals surface area contributed by atoms with E-state index in [0.717, 1.165) is 0 Å². The minimum Gasteiger partial charge on any atom is -0.321 e. The molecule has 1 N–H and O–H groups in total. The lowest BCUT2D eigenvalue weighted by Gasteiger charge is -2.08. The van der Waals surface area contributed by atoms with E-state index in [1.807, 2.05) is 6.07 Å². The number of hydrogen-bond acceptors (Lipinski definition) is 4. The Labute approximate surface area is 175 Å². The molecule has 1 amide bonds. The molecule has 1 heterocycles. The number of nitro benzene ring substituents is 1. The number of amides is 1. The molecular weight excluding hydrogens is 415 g/mol. The van der Waals surface area contributed by atoms with Gasteiger partial charge in [-0.1, -0.05) is 23.2 Å². The molecule has 7 nitrogen and oxygen atoms in total. The number of aromatic nitrogens is 1. The minimum atomic E-state index is -0.623. The second kappa shape index (κ2) is 8.61. The number of carbonyl (C=O) groups is 1. The molecule has 9 heteroatoms. The maximum atomic E-state index is 12.5. The highest BCUT2D eigenvalue weighted by atomic mass is 35.5. The van der Waals surface area contributed by atoms with Crippen LogP contribution in [0.4, 0.5) is 11.4 Å². The molecule has 0 aliphatic carbocycles. The maximum Gasteiger partial charge on any atom is 0.269 e. The Kier molecular flexibility index (Phi) is 5.98. The Morgan fingerprint density at radius 3 is 2.38 bits per heavy atom. The van der Waals surface area contributed by atoms with Crippen molar-refractivity contribution in [3.8, 4) is 11.8 Å². The first-order chi connectivity index (χ1) is 13.9. The summed E-state index contributed by atoms with van der Waals surface area (Å²) < 4.78 is 1.70. The largest absolute Gasteiger partial charge is 0.321 e. The molecule has 29 heavy (non-hydrogen) atoms. The predicted octanol–water partition coefficient (Wildman–Crippen LogP) is 5.24. The lowest BCUT2D eigenvalue weighted by Crippen LogP contribution is -2.13. The van der Waals surface area contributed by atoms with Gasteiger partial charge in [0.15, 0.2) is 0 Å². The Bertz CT molecular complexity index is 1140. The topological polar surface area (TPSA) is 101 Å². The second-order valence-electron chi connectivity index (χ2n) is 5.86. The van der Waals surface area contributed by atoms with E-state index in [1.54, 1.807) is 35.0 Å². The van der Waals surface area contributed by atoms with Crippen LogP contribution in [-0.4, -0.2) is 15.4 Å². The van der Waals surface area contributed by atoms with Gasteiger partial charge in [-0.3, -0.25) is 14.9 Å². The number of anilines is 1. The Balaban J connectivity index is 1.88. The van der Waals surface area contributed by atoms with Crippen LogP contribution in [0.5, 0.6) is 0 Å². The first-order valence-electron chi connectivity index (χ1n) is 8.19. The van der Waals surface area contributed by atoms with E-state index in [4.69, 9.17) is 23.2 Å². The van der Waals surface area contributed by atoms with Crippen molar-refractivity contribution in [2.75, 3.05) is 5.32 Å².